The molecule has 2 heterocycles. The Kier molecular flexibility index (Phi) is 4.69. The highest BCUT2D eigenvalue weighted by Gasteiger charge is 2.16. The minimum absolute atomic E-state index is 0.263. The first-order valence-electron chi connectivity index (χ1n) is 10.1. The van der Waals surface area contributed by atoms with Crippen molar-refractivity contribution in [3.05, 3.63) is 90.0 Å². The number of aromatic amines is 1. The molecule has 0 unspecified atom stereocenters. The summed E-state index contributed by atoms with van der Waals surface area (Å²) in [6.45, 7) is 0.709. The van der Waals surface area contributed by atoms with Gasteiger partial charge in [0.25, 0.3) is 0 Å². The molecule has 6 heteroatoms. The van der Waals surface area contributed by atoms with Gasteiger partial charge in [-0.2, -0.15) is 0 Å². The van der Waals surface area contributed by atoms with E-state index >= 15 is 0 Å². The summed E-state index contributed by atoms with van der Waals surface area (Å²) in [6.07, 6.45) is 3.71. The van der Waals surface area contributed by atoms with Crippen LogP contribution in [0.5, 0.6) is 0 Å². The highest BCUT2D eigenvalue weighted by molar-refractivity contribution is 6.13. The van der Waals surface area contributed by atoms with Crippen LogP contribution in [0.2, 0.25) is 0 Å². The molecule has 3 aromatic carbocycles. The zero-order valence-corrected chi connectivity index (χ0v) is 17.1. The van der Waals surface area contributed by atoms with E-state index in [9.17, 15) is 0 Å². The predicted molar refractivity (Wildman–Crippen MR) is 126 cm³/mol. The molecule has 0 saturated heterocycles. The van der Waals surface area contributed by atoms with Crippen LogP contribution in [0.3, 0.4) is 0 Å². The fraction of sp³-hybridized carbons (Fsp3) is 0.0800. The van der Waals surface area contributed by atoms with Crippen molar-refractivity contribution in [2.75, 3.05) is 12.8 Å². The van der Waals surface area contributed by atoms with Gasteiger partial charge >= 0.3 is 0 Å². The van der Waals surface area contributed by atoms with Gasteiger partial charge in [0.05, 0.1) is 11.0 Å². The Hall–Kier alpha value is -4.03. The van der Waals surface area contributed by atoms with Crippen molar-refractivity contribution in [3.63, 3.8) is 0 Å². The van der Waals surface area contributed by atoms with Gasteiger partial charge in [0.15, 0.2) is 5.82 Å². The monoisotopic (exact) mass is 406 g/mol. The van der Waals surface area contributed by atoms with Crippen molar-refractivity contribution in [3.8, 4) is 11.1 Å². The Morgan fingerprint density at radius 1 is 1.06 bits per heavy atom. The van der Waals surface area contributed by atoms with Crippen molar-refractivity contribution < 1.29 is 0 Å². The first kappa shape index (κ1) is 19.0. The minimum Gasteiger partial charge on any atom is -0.398 e. The molecule has 6 nitrogen and oxygen atoms in total. The Morgan fingerprint density at radius 2 is 1.94 bits per heavy atom. The Labute approximate surface area is 179 Å². The van der Waals surface area contributed by atoms with Gasteiger partial charge in [-0.25, -0.2) is 4.98 Å². The molecule has 2 aromatic heterocycles. The lowest BCUT2D eigenvalue weighted by Crippen LogP contribution is -2.08. The Balaban J connectivity index is 1.60. The van der Waals surface area contributed by atoms with E-state index in [0.717, 1.165) is 38.5 Å². The van der Waals surface area contributed by atoms with Crippen LogP contribution in [-0.4, -0.2) is 27.7 Å². The van der Waals surface area contributed by atoms with E-state index in [4.69, 9.17) is 16.1 Å². The molecule has 5 rings (SSSR count). The molecule has 5 N–H and O–H groups in total. The molecule has 0 aliphatic heterocycles. The fourth-order valence-corrected chi connectivity index (χ4v) is 3.96. The first-order chi connectivity index (χ1) is 15.2. The smallest absolute Gasteiger partial charge is 0.157 e. The molecule has 0 radical (unpaired) electrons. The number of fused-ring (bicyclic) bond motifs is 2. The van der Waals surface area contributed by atoms with Crippen LogP contribution in [0.4, 0.5) is 5.69 Å². The van der Waals surface area contributed by atoms with Crippen LogP contribution in [0.1, 0.15) is 17.0 Å². The molecule has 0 saturated carbocycles. The van der Waals surface area contributed by atoms with Crippen LogP contribution in [-0.2, 0) is 6.54 Å². The van der Waals surface area contributed by atoms with Gasteiger partial charge in [-0.3, -0.25) is 10.4 Å². The minimum atomic E-state index is 0.263. The highest BCUT2D eigenvalue weighted by Crippen LogP contribution is 2.30. The van der Waals surface area contributed by atoms with E-state index < -0.39 is 0 Å². The zero-order chi connectivity index (χ0) is 21.4. The number of nitrogens with one attached hydrogen (secondary N) is 3. The van der Waals surface area contributed by atoms with E-state index in [0.29, 0.717) is 23.6 Å². The molecule has 31 heavy (non-hydrogen) atoms. The van der Waals surface area contributed by atoms with Crippen molar-refractivity contribution in [2.24, 2.45) is 0 Å². The number of hydrogen-bond acceptors (Lipinski definition) is 5. The number of hydrogen-bond donors (Lipinski definition) is 4. The number of nitrogens with two attached hydrogens (primary N) is 1. The van der Waals surface area contributed by atoms with Gasteiger partial charge in [-0.05, 0) is 41.8 Å². The van der Waals surface area contributed by atoms with E-state index in [2.05, 4.69) is 21.4 Å². The normalized spacial score (nSPS) is 11.3. The summed E-state index contributed by atoms with van der Waals surface area (Å²) in [4.78, 5) is 12.4. The summed E-state index contributed by atoms with van der Waals surface area (Å²) in [5.74, 6) is 0.499. The molecule has 0 aliphatic rings. The largest absolute Gasteiger partial charge is 0.398 e. The average molecular weight is 406 g/mol. The maximum absolute atomic E-state index is 8.83. The zero-order valence-electron chi connectivity index (χ0n) is 17.1. The number of anilines is 1. The molecule has 0 amide bonds. The lowest BCUT2D eigenvalue weighted by atomic mass is 9.97. The number of nitrogen functional groups attached to an aromatic ring is 1. The second kappa shape index (κ2) is 7.66. The maximum Gasteiger partial charge on any atom is 0.157 e. The summed E-state index contributed by atoms with van der Waals surface area (Å²) in [7, 11) is 1.91. The summed E-state index contributed by atoms with van der Waals surface area (Å²) in [6, 6.07) is 19.9. The third-order valence-electron chi connectivity index (χ3n) is 5.50. The average Bonchev–Trinajstić information content (AvgIpc) is 3.24. The van der Waals surface area contributed by atoms with Gasteiger partial charge in [-0.15, -0.1) is 0 Å². The van der Waals surface area contributed by atoms with Crippen molar-refractivity contribution in [1.82, 2.24) is 20.3 Å². The third-order valence-corrected chi connectivity index (χ3v) is 5.50. The van der Waals surface area contributed by atoms with Gasteiger partial charge in [0.2, 0.25) is 0 Å². The predicted octanol–water partition coefficient (Wildman–Crippen LogP) is 4.50. The molecule has 5 aromatic rings. The van der Waals surface area contributed by atoms with E-state index in [1.807, 2.05) is 74.0 Å². The second-order valence-corrected chi connectivity index (χ2v) is 7.51. The number of imidazole rings is 1. The standard InChI is InChI=1S/C25H22N6/c1-28-12-17-6-4-8-22-24(17)31-25(30-22)23(27)19-11-15(9-10-21(19)26)20-14-29-13-16-5-2-3-7-18(16)20/h2-11,13-14,27-28H,12,26H2,1H3,(H,30,31). The second-order valence-electron chi connectivity index (χ2n) is 7.51. The van der Waals surface area contributed by atoms with E-state index in [1.165, 1.54) is 0 Å². The molecule has 0 fully saturated rings. The molecular weight excluding hydrogens is 384 g/mol. The topological polar surface area (TPSA) is 103 Å². The van der Waals surface area contributed by atoms with Gasteiger partial charge in [0, 0.05) is 41.1 Å². The quantitative estimate of drug-likeness (QED) is 0.255. The summed E-state index contributed by atoms with van der Waals surface area (Å²) in [5, 5.41) is 14.2. The van der Waals surface area contributed by atoms with Crippen LogP contribution in [0.15, 0.2) is 73.1 Å². The number of rotatable bonds is 5. The summed E-state index contributed by atoms with van der Waals surface area (Å²) >= 11 is 0. The Morgan fingerprint density at radius 3 is 2.81 bits per heavy atom. The lowest BCUT2D eigenvalue weighted by molar-refractivity contribution is 0.822. The maximum atomic E-state index is 8.83. The third kappa shape index (κ3) is 3.33. The summed E-state index contributed by atoms with van der Waals surface area (Å²) in [5.41, 5.74) is 12.5. The number of H-pyrrole nitrogens is 1. The van der Waals surface area contributed by atoms with Gasteiger partial charge in [-0.1, -0.05) is 42.5 Å². The van der Waals surface area contributed by atoms with Crippen LogP contribution >= 0.6 is 0 Å². The molecule has 0 atom stereocenters. The van der Waals surface area contributed by atoms with Crippen molar-refractivity contribution in [1.29, 1.82) is 5.41 Å². The molecule has 152 valence electrons. The lowest BCUT2D eigenvalue weighted by Gasteiger charge is -2.11. The van der Waals surface area contributed by atoms with Gasteiger partial charge in [0.1, 0.15) is 5.71 Å². The molecule has 0 spiro atoms. The molecular formula is C25H22N6. The number of aromatic nitrogens is 3. The molecule has 0 aliphatic carbocycles. The number of nitrogens with zero attached hydrogens (tertiary/aromatic N) is 2. The fourth-order valence-electron chi connectivity index (χ4n) is 3.96. The number of benzene rings is 3. The van der Waals surface area contributed by atoms with Gasteiger partial charge < -0.3 is 16.0 Å². The van der Waals surface area contributed by atoms with Crippen LogP contribution in [0, 0.1) is 5.41 Å². The summed E-state index contributed by atoms with van der Waals surface area (Å²) < 4.78 is 0. The van der Waals surface area contributed by atoms with E-state index in [1.54, 1.807) is 0 Å². The number of para-hydroxylation sites is 1. The SMILES string of the molecule is CNCc1cccc2[nH]c(C(=N)c3cc(-c4cncc5ccccc45)ccc3N)nc12. The van der Waals surface area contributed by atoms with Crippen molar-refractivity contribution >= 4 is 33.2 Å². The molecule has 0 bridgehead atoms. The first-order valence-corrected chi connectivity index (χ1v) is 10.1. The van der Waals surface area contributed by atoms with Crippen molar-refractivity contribution in [2.45, 2.75) is 6.54 Å². The number of pyridine rings is 1. The van der Waals surface area contributed by atoms with E-state index in [-0.39, 0.29) is 5.71 Å². The Bertz CT molecular complexity index is 1430. The highest BCUT2D eigenvalue weighted by atomic mass is 14.9. The van der Waals surface area contributed by atoms with Crippen LogP contribution < -0.4 is 11.1 Å². The van der Waals surface area contributed by atoms with Crippen LogP contribution in [0.25, 0.3) is 32.9 Å².